The molecular formula is C39H49N5O3. The number of carbonyl (C=O) groups excluding carboxylic acids is 1. The van der Waals surface area contributed by atoms with Crippen LogP contribution in [0.5, 0.6) is 0 Å². The van der Waals surface area contributed by atoms with Crippen molar-refractivity contribution in [3.8, 4) is 11.1 Å². The predicted octanol–water partition coefficient (Wildman–Crippen LogP) is 7.19. The summed E-state index contributed by atoms with van der Waals surface area (Å²) < 4.78 is 8.41. The van der Waals surface area contributed by atoms with E-state index in [0.29, 0.717) is 22.9 Å². The second kappa shape index (κ2) is 15.9. The first-order valence-electron chi connectivity index (χ1n) is 17.5. The number of ketones is 1. The molecule has 1 aliphatic carbocycles. The molecule has 4 heterocycles. The van der Waals surface area contributed by atoms with Crippen molar-refractivity contribution in [2.75, 3.05) is 36.4 Å². The molecular weight excluding hydrogens is 586 g/mol. The van der Waals surface area contributed by atoms with Crippen LogP contribution >= 0.6 is 0 Å². The maximum atomic E-state index is 12.8. The van der Waals surface area contributed by atoms with E-state index in [1.54, 1.807) is 13.0 Å². The molecule has 0 unspecified atom stereocenters. The summed E-state index contributed by atoms with van der Waals surface area (Å²) in [5, 5.41) is 8.49. The zero-order valence-corrected chi connectivity index (χ0v) is 28.6. The van der Waals surface area contributed by atoms with Crippen LogP contribution in [0.15, 0.2) is 80.7 Å². The number of nitrogens with zero attached hydrogens (tertiary/aromatic N) is 3. The number of piperazine rings is 1. The van der Waals surface area contributed by atoms with Gasteiger partial charge in [-0.25, -0.2) is 4.99 Å². The molecule has 2 aromatic heterocycles. The number of hydrogen-bond donors (Lipinski definition) is 2. The van der Waals surface area contributed by atoms with Gasteiger partial charge in [-0.15, -0.1) is 0 Å². The van der Waals surface area contributed by atoms with Crippen molar-refractivity contribution in [3.63, 3.8) is 0 Å². The highest BCUT2D eigenvalue weighted by Gasteiger charge is 2.23. The highest BCUT2D eigenvalue weighted by atomic mass is 16.4. The zero-order chi connectivity index (χ0) is 33.3. The number of allylic oxidation sites excluding steroid dienone is 1. The molecule has 0 spiro atoms. The topological polar surface area (TPSA) is 91.9 Å². The van der Waals surface area contributed by atoms with Gasteiger partial charge in [0.1, 0.15) is 16.9 Å². The number of hydrogen-bond acceptors (Lipinski definition) is 7. The molecule has 1 saturated heterocycles. The van der Waals surface area contributed by atoms with E-state index in [4.69, 9.17) is 9.41 Å². The van der Waals surface area contributed by atoms with E-state index >= 15 is 0 Å². The number of Topliss-reactive ketones (excluding diaryl/α,β-unsaturated/α-hetero) is 1. The average molecular weight is 636 g/mol. The molecule has 248 valence electrons. The Morgan fingerprint density at radius 2 is 1.57 bits per heavy atom. The summed E-state index contributed by atoms with van der Waals surface area (Å²) in [4.78, 5) is 32.6. The smallest absolute Gasteiger partial charge is 0.200 e. The molecule has 0 bridgehead atoms. The van der Waals surface area contributed by atoms with Gasteiger partial charge in [0.05, 0.1) is 11.1 Å². The van der Waals surface area contributed by atoms with E-state index in [0.717, 1.165) is 90.9 Å². The molecule has 0 radical (unpaired) electrons. The fraction of sp³-hybridized carbons (Fsp3) is 0.410. The van der Waals surface area contributed by atoms with E-state index < -0.39 is 0 Å². The lowest BCUT2D eigenvalue weighted by Crippen LogP contribution is -2.43. The molecule has 0 atom stereocenters. The van der Waals surface area contributed by atoms with Crippen LogP contribution in [0.2, 0.25) is 0 Å². The Kier molecular flexibility index (Phi) is 11.5. The van der Waals surface area contributed by atoms with Gasteiger partial charge in [0.25, 0.3) is 0 Å². The van der Waals surface area contributed by atoms with E-state index in [1.807, 2.05) is 64.1 Å². The Hall–Kier alpha value is -4.43. The van der Waals surface area contributed by atoms with Crippen molar-refractivity contribution < 1.29 is 9.21 Å². The number of aromatic nitrogens is 1. The van der Waals surface area contributed by atoms with E-state index in [1.165, 1.54) is 12.8 Å². The minimum Gasteiger partial charge on any atom is -0.440 e. The normalized spacial score (nSPS) is 17.6. The van der Waals surface area contributed by atoms with Crippen LogP contribution < -0.4 is 31.7 Å². The third-order valence-corrected chi connectivity index (χ3v) is 8.82. The largest absolute Gasteiger partial charge is 0.440 e. The highest BCUT2D eigenvalue weighted by molar-refractivity contribution is 5.92. The lowest BCUT2D eigenvalue weighted by molar-refractivity contribution is 0.100. The fourth-order valence-electron chi connectivity index (χ4n) is 6.56. The van der Waals surface area contributed by atoms with Crippen molar-refractivity contribution in [3.05, 3.63) is 93.1 Å². The molecule has 2 N–H and O–H groups in total. The number of carbonyl (C=O) groups is 1. The van der Waals surface area contributed by atoms with Crippen LogP contribution in [0.3, 0.4) is 0 Å². The predicted molar refractivity (Wildman–Crippen MR) is 194 cm³/mol. The second-order valence-electron chi connectivity index (χ2n) is 11.8. The Balaban J connectivity index is 0.00000105. The Morgan fingerprint density at radius 1 is 0.894 bits per heavy atom. The van der Waals surface area contributed by atoms with Crippen LogP contribution in [0.25, 0.3) is 28.2 Å². The number of fused-ring (bicyclic) bond motifs is 2. The zero-order valence-electron chi connectivity index (χ0n) is 28.6. The second-order valence-corrected chi connectivity index (χ2v) is 11.8. The van der Waals surface area contributed by atoms with Crippen LogP contribution in [0.4, 0.5) is 11.6 Å². The monoisotopic (exact) mass is 635 g/mol. The first-order valence-corrected chi connectivity index (χ1v) is 17.5. The minimum absolute atomic E-state index is 0.0210. The molecule has 1 saturated carbocycles. The van der Waals surface area contributed by atoms with Crippen LogP contribution in [0.1, 0.15) is 89.7 Å². The minimum atomic E-state index is -0.0210. The van der Waals surface area contributed by atoms with E-state index in [9.17, 15) is 9.59 Å². The van der Waals surface area contributed by atoms with Gasteiger partial charge in [0.15, 0.2) is 17.1 Å². The number of nitrogens with one attached hydrogen (secondary N) is 2. The lowest BCUT2D eigenvalue weighted by Gasteiger charge is -2.27. The van der Waals surface area contributed by atoms with E-state index in [2.05, 4.69) is 44.4 Å². The van der Waals surface area contributed by atoms with Gasteiger partial charge in [0, 0.05) is 56.1 Å². The maximum absolute atomic E-state index is 12.8. The molecule has 2 aliphatic heterocycles. The van der Waals surface area contributed by atoms with Gasteiger partial charge in [-0.3, -0.25) is 9.59 Å². The fourth-order valence-corrected chi connectivity index (χ4v) is 6.56. The van der Waals surface area contributed by atoms with Crippen molar-refractivity contribution in [1.29, 1.82) is 0 Å². The van der Waals surface area contributed by atoms with Crippen LogP contribution in [-0.2, 0) is 0 Å². The van der Waals surface area contributed by atoms with E-state index in [-0.39, 0.29) is 11.2 Å². The number of benzene rings is 2. The molecule has 8 nitrogen and oxygen atoms in total. The van der Waals surface area contributed by atoms with Gasteiger partial charge in [-0.05, 0) is 73.2 Å². The van der Waals surface area contributed by atoms with Gasteiger partial charge in [-0.2, -0.15) is 0 Å². The average Bonchev–Trinajstić information content (AvgIpc) is 3.76. The molecule has 8 heteroatoms. The summed E-state index contributed by atoms with van der Waals surface area (Å²) in [6.07, 6.45) is 10.6. The third kappa shape index (κ3) is 7.60. The van der Waals surface area contributed by atoms with Crippen molar-refractivity contribution >= 4 is 34.4 Å². The standard InChI is InChI=1S/C35H37N5O3.2C2H6/c1-23(41)30-20-26-6-2-5-9-33(38-35(26)40(30)28-7-3-4-8-28)37-27-13-10-24(11-14-27)25-12-15-29-31(42)22-34(43-32(29)21-25)39-18-16-36-17-19-39;2*1-2/h6,9-15,20-22,28,36-37H,2-5,7-8,16-19H2,1H3;2*1-2H3/b26-6-,33-9?,38-35+;;. The summed E-state index contributed by atoms with van der Waals surface area (Å²) in [7, 11) is 0. The quantitative estimate of drug-likeness (QED) is 0.218. The first-order chi connectivity index (χ1) is 23.0. The summed E-state index contributed by atoms with van der Waals surface area (Å²) >= 11 is 0. The van der Waals surface area contributed by atoms with Gasteiger partial charge < -0.3 is 24.5 Å². The van der Waals surface area contributed by atoms with Crippen LogP contribution in [-0.4, -0.2) is 36.5 Å². The number of anilines is 2. The highest BCUT2D eigenvalue weighted by Crippen LogP contribution is 2.30. The molecule has 47 heavy (non-hydrogen) atoms. The summed E-state index contributed by atoms with van der Waals surface area (Å²) in [5.74, 6) is 1.51. The maximum Gasteiger partial charge on any atom is 0.200 e. The van der Waals surface area contributed by atoms with Crippen molar-refractivity contribution in [2.45, 2.75) is 79.2 Å². The summed E-state index contributed by atoms with van der Waals surface area (Å²) in [5.41, 5.74) is 5.17. The Bertz CT molecular complexity index is 1890. The van der Waals surface area contributed by atoms with Crippen LogP contribution in [0, 0.1) is 0 Å². The van der Waals surface area contributed by atoms with Gasteiger partial charge in [0.2, 0.25) is 0 Å². The van der Waals surface area contributed by atoms with Crippen molar-refractivity contribution in [1.82, 2.24) is 9.88 Å². The third-order valence-electron chi connectivity index (χ3n) is 8.82. The lowest BCUT2D eigenvalue weighted by atomic mass is 10.0. The molecule has 3 aliphatic rings. The molecule has 0 amide bonds. The molecule has 4 aromatic rings. The first kappa shape index (κ1) is 33.9. The Morgan fingerprint density at radius 3 is 2.28 bits per heavy atom. The molecule has 2 aromatic carbocycles. The van der Waals surface area contributed by atoms with Crippen molar-refractivity contribution in [2.24, 2.45) is 4.99 Å². The van der Waals surface area contributed by atoms with Gasteiger partial charge in [-0.1, -0.05) is 64.8 Å². The molecule has 2 fully saturated rings. The summed E-state index contributed by atoms with van der Waals surface area (Å²) in [6.45, 7) is 13.0. The number of rotatable bonds is 6. The Labute approximate surface area is 277 Å². The van der Waals surface area contributed by atoms with Gasteiger partial charge >= 0.3 is 0 Å². The SMILES string of the molecule is CC.CC.CC(=O)c1cc2/c(n1C1CCCC1)=N\C(Nc1ccc(-c3ccc4c(=O)cc(N5CCNCC5)oc4c3)cc1)=CCC\C=2. The molecule has 7 rings (SSSR count). The summed E-state index contributed by atoms with van der Waals surface area (Å²) in [6, 6.07) is 18.0.